The largest absolute Gasteiger partial charge is 0.478 e. The summed E-state index contributed by atoms with van der Waals surface area (Å²) in [6.45, 7) is 0. The quantitative estimate of drug-likeness (QED) is 0.550. The number of halogens is 4. The number of hydrogen-bond acceptors (Lipinski definition) is 5. The van der Waals surface area contributed by atoms with E-state index in [4.69, 9.17) is 38.2 Å². The van der Waals surface area contributed by atoms with Gasteiger partial charge in [-0.25, -0.2) is 28.3 Å². The molecule has 2 heterocycles. The van der Waals surface area contributed by atoms with Crippen molar-refractivity contribution in [2.75, 3.05) is 0 Å². The number of nitrogens with zero attached hydrogens (tertiary/aromatic N) is 2. The Hall–Kier alpha value is -3.30. The molecule has 0 spiro atoms. The van der Waals surface area contributed by atoms with Crippen molar-refractivity contribution in [1.82, 2.24) is 9.97 Å². The highest BCUT2D eigenvalue weighted by atomic mass is 35.5. The van der Waals surface area contributed by atoms with Gasteiger partial charge in [-0.15, -0.1) is 0 Å². The Bertz CT molecular complexity index is 1070. The summed E-state index contributed by atoms with van der Waals surface area (Å²) in [5.74, 6) is -4.11. The highest BCUT2D eigenvalue weighted by Gasteiger charge is 2.15. The predicted molar refractivity (Wildman–Crippen MR) is 98.8 cm³/mol. The van der Waals surface area contributed by atoms with Gasteiger partial charge in [-0.3, -0.25) is 0 Å². The van der Waals surface area contributed by atoms with Gasteiger partial charge >= 0.3 is 11.9 Å². The maximum Gasteiger partial charge on any atom is 0.341 e. The van der Waals surface area contributed by atoms with Gasteiger partial charge in [0.1, 0.15) is 28.1 Å². The van der Waals surface area contributed by atoms with E-state index in [1.165, 1.54) is 24.4 Å². The third kappa shape index (κ3) is 6.09. The van der Waals surface area contributed by atoms with Crippen LogP contribution in [0.15, 0.2) is 48.8 Å². The number of aromatic nitrogens is 2. The van der Waals surface area contributed by atoms with Gasteiger partial charge in [-0.1, -0.05) is 23.2 Å². The summed E-state index contributed by atoms with van der Waals surface area (Å²) in [5.41, 5.74) is -0.412. The first-order chi connectivity index (χ1) is 13.7. The maximum absolute atomic E-state index is 13.0. The Morgan fingerprint density at radius 3 is 2.21 bits per heavy atom. The minimum Gasteiger partial charge on any atom is -0.478 e. The smallest absolute Gasteiger partial charge is 0.341 e. The molecule has 0 atom stereocenters. The summed E-state index contributed by atoms with van der Waals surface area (Å²) in [4.78, 5) is 28.3. The van der Waals surface area contributed by atoms with Crippen LogP contribution in [-0.4, -0.2) is 32.1 Å². The average Bonchev–Trinajstić information content (AvgIpc) is 2.66. The number of carboxylic acids is 2. The molecule has 29 heavy (non-hydrogen) atoms. The molecule has 0 unspecified atom stereocenters. The van der Waals surface area contributed by atoms with E-state index in [9.17, 15) is 18.4 Å². The molecule has 3 rings (SSSR count). The number of pyridine rings is 2. The van der Waals surface area contributed by atoms with E-state index in [1.807, 2.05) is 0 Å². The fraction of sp³-hybridized carbons (Fsp3) is 0. The van der Waals surface area contributed by atoms with Gasteiger partial charge in [0.15, 0.2) is 0 Å². The first-order valence-corrected chi connectivity index (χ1v) is 8.30. The average molecular weight is 443 g/mol. The summed E-state index contributed by atoms with van der Waals surface area (Å²) in [5, 5.41) is 17.2. The van der Waals surface area contributed by atoms with E-state index in [1.54, 1.807) is 0 Å². The van der Waals surface area contributed by atoms with Crippen LogP contribution in [-0.2, 0) is 0 Å². The normalized spacial score (nSPS) is 9.93. The second-order valence-corrected chi connectivity index (χ2v) is 5.90. The highest BCUT2D eigenvalue weighted by Crippen LogP contribution is 2.27. The van der Waals surface area contributed by atoms with Crippen LogP contribution in [0.2, 0.25) is 10.2 Å². The lowest BCUT2D eigenvalue weighted by molar-refractivity contribution is 0.0683. The van der Waals surface area contributed by atoms with Crippen molar-refractivity contribution in [3.05, 3.63) is 81.7 Å². The van der Waals surface area contributed by atoms with E-state index >= 15 is 0 Å². The summed E-state index contributed by atoms with van der Waals surface area (Å²) < 4.78 is 31.0. The number of carbonyl (C=O) groups is 2. The van der Waals surface area contributed by atoms with Crippen LogP contribution >= 0.6 is 23.2 Å². The Labute approximate surface area is 172 Å². The number of carboxylic acid groups (broad SMARTS) is 2. The van der Waals surface area contributed by atoms with Crippen molar-refractivity contribution in [3.63, 3.8) is 0 Å². The topological polar surface area (TPSA) is 110 Å². The van der Waals surface area contributed by atoms with E-state index in [0.29, 0.717) is 0 Å². The molecular formula is C18H10Cl2F2N2O5. The molecule has 0 fully saturated rings. The molecule has 7 nitrogen and oxygen atoms in total. The van der Waals surface area contributed by atoms with Crippen molar-refractivity contribution in [1.29, 1.82) is 0 Å². The first kappa shape index (κ1) is 22.0. The summed E-state index contributed by atoms with van der Waals surface area (Å²) in [6.07, 6.45) is 2.25. The third-order valence-electron chi connectivity index (χ3n) is 3.14. The summed E-state index contributed by atoms with van der Waals surface area (Å²) >= 11 is 11.0. The number of hydrogen-bond donors (Lipinski definition) is 2. The SMILES string of the molecule is O=C(O)c1cc(F)cnc1Oc1ccc(F)c(Cl)c1.O=C(O)c1cccnc1Cl. The molecule has 0 radical (unpaired) electrons. The Morgan fingerprint density at radius 1 is 0.966 bits per heavy atom. The van der Waals surface area contributed by atoms with Crippen LogP contribution < -0.4 is 4.74 Å². The van der Waals surface area contributed by atoms with Gasteiger partial charge in [0.2, 0.25) is 5.88 Å². The molecule has 1 aromatic carbocycles. The lowest BCUT2D eigenvalue weighted by Gasteiger charge is -2.07. The molecule has 0 aliphatic carbocycles. The molecule has 0 aliphatic rings. The second kappa shape index (κ2) is 9.76. The molecule has 0 amide bonds. The van der Waals surface area contributed by atoms with Crippen molar-refractivity contribution in [3.8, 4) is 11.6 Å². The molecule has 2 aromatic heterocycles. The molecule has 3 aromatic rings. The van der Waals surface area contributed by atoms with Gasteiger partial charge in [-0.05, 0) is 30.3 Å². The summed E-state index contributed by atoms with van der Waals surface area (Å²) in [6, 6.07) is 7.16. The lowest BCUT2D eigenvalue weighted by atomic mass is 10.2. The van der Waals surface area contributed by atoms with Crippen molar-refractivity contribution in [2.45, 2.75) is 0 Å². The maximum atomic E-state index is 13.0. The van der Waals surface area contributed by atoms with Gasteiger partial charge in [0.05, 0.1) is 16.8 Å². The Morgan fingerprint density at radius 2 is 1.66 bits per heavy atom. The number of benzene rings is 1. The molecule has 0 saturated heterocycles. The molecular weight excluding hydrogens is 433 g/mol. The van der Waals surface area contributed by atoms with Crippen LogP contribution in [0, 0.1) is 11.6 Å². The van der Waals surface area contributed by atoms with Gasteiger partial charge in [-0.2, -0.15) is 0 Å². The number of aromatic carboxylic acids is 2. The molecule has 0 saturated carbocycles. The molecule has 0 bridgehead atoms. The minimum atomic E-state index is -1.39. The van der Waals surface area contributed by atoms with Crippen molar-refractivity contribution < 1.29 is 33.3 Å². The Kier molecular flexibility index (Phi) is 7.40. The van der Waals surface area contributed by atoms with Gasteiger partial charge in [0, 0.05) is 12.3 Å². The van der Waals surface area contributed by atoms with E-state index < -0.39 is 29.1 Å². The zero-order valence-electron chi connectivity index (χ0n) is 14.1. The molecule has 11 heteroatoms. The zero-order valence-corrected chi connectivity index (χ0v) is 15.7. The lowest BCUT2D eigenvalue weighted by Crippen LogP contribution is -2.03. The van der Waals surface area contributed by atoms with Crippen molar-refractivity contribution in [2.24, 2.45) is 0 Å². The second-order valence-electron chi connectivity index (χ2n) is 5.14. The molecule has 2 N–H and O–H groups in total. The fourth-order valence-electron chi connectivity index (χ4n) is 1.86. The summed E-state index contributed by atoms with van der Waals surface area (Å²) in [7, 11) is 0. The van der Waals surface area contributed by atoms with Crippen LogP contribution in [0.5, 0.6) is 11.6 Å². The standard InChI is InChI=1S/C12H6ClF2NO3.C6H4ClNO2/c13-9-4-7(1-2-10(9)15)19-11-8(12(17)18)3-6(14)5-16-11;7-5-4(6(9)10)2-1-3-8-5/h1-5H,(H,17,18);1-3H,(H,9,10). The van der Waals surface area contributed by atoms with E-state index in [-0.39, 0.29) is 27.4 Å². The van der Waals surface area contributed by atoms with Gasteiger partial charge < -0.3 is 14.9 Å². The zero-order chi connectivity index (χ0) is 21.6. The predicted octanol–water partition coefficient (Wildman–Crippen LogP) is 4.94. The van der Waals surface area contributed by atoms with Crippen LogP contribution in [0.25, 0.3) is 0 Å². The third-order valence-corrected chi connectivity index (χ3v) is 3.73. The van der Waals surface area contributed by atoms with E-state index in [2.05, 4.69) is 9.97 Å². The van der Waals surface area contributed by atoms with Crippen LogP contribution in [0.1, 0.15) is 20.7 Å². The van der Waals surface area contributed by atoms with Gasteiger partial charge in [0.25, 0.3) is 0 Å². The first-order valence-electron chi connectivity index (χ1n) is 7.54. The fourth-order valence-corrected chi connectivity index (χ4v) is 2.23. The minimum absolute atomic E-state index is 0.0231. The van der Waals surface area contributed by atoms with Crippen LogP contribution in [0.3, 0.4) is 0 Å². The molecule has 150 valence electrons. The van der Waals surface area contributed by atoms with Crippen molar-refractivity contribution >= 4 is 35.1 Å². The van der Waals surface area contributed by atoms with Crippen LogP contribution in [0.4, 0.5) is 8.78 Å². The number of rotatable bonds is 4. The van der Waals surface area contributed by atoms with E-state index in [0.717, 1.165) is 24.4 Å². The Balaban J connectivity index is 0.000000253. The molecule has 0 aliphatic heterocycles. The highest BCUT2D eigenvalue weighted by molar-refractivity contribution is 6.32. The number of ether oxygens (including phenoxy) is 1. The monoisotopic (exact) mass is 442 g/mol.